The van der Waals surface area contributed by atoms with Gasteiger partial charge in [0.05, 0.1) is 11.0 Å². The first-order valence-corrected chi connectivity index (χ1v) is 6.34. The Morgan fingerprint density at radius 1 is 1.14 bits per heavy atom. The minimum atomic E-state index is -2.84. The number of hydrogen-bond donors (Lipinski definition) is 1. The Hall–Kier alpha value is -2.63. The number of nitrogens with two attached hydrogens (primary N) is 1. The van der Waals surface area contributed by atoms with E-state index in [0.717, 1.165) is 22.3 Å². The minimum Gasteiger partial charge on any atom is -0.435 e. The van der Waals surface area contributed by atoms with Crippen molar-refractivity contribution in [2.75, 3.05) is 5.73 Å². The van der Waals surface area contributed by atoms with E-state index in [1.165, 1.54) is 12.1 Å². The van der Waals surface area contributed by atoms with Crippen LogP contribution in [-0.4, -0.2) is 16.2 Å². The van der Waals surface area contributed by atoms with Gasteiger partial charge in [0.25, 0.3) is 0 Å². The molecular weight excluding hydrogens is 276 g/mol. The van der Waals surface area contributed by atoms with Crippen molar-refractivity contribution in [3.8, 4) is 11.4 Å². The Morgan fingerprint density at radius 3 is 2.52 bits per heavy atom. The summed E-state index contributed by atoms with van der Waals surface area (Å²) < 4.78 is 30.4. The van der Waals surface area contributed by atoms with E-state index in [-0.39, 0.29) is 5.75 Å². The molecule has 1 aromatic heterocycles. The van der Waals surface area contributed by atoms with Crippen molar-refractivity contribution >= 4 is 17.0 Å². The maximum absolute atomic E-state index is 12.2. The van der Waals surface area contributed by atoms with Crippen LogP contribution in [-0.2, 0) is 0 Å². The largest absolute Gasteiger partial charge is 0.435 e. The van der Waals surface area contributed by atoms with Gasteiger partial charge in [0, 0.05) is 5.69 Å². The molecule has 0 atom stereocenters. The summed E-state index contributed by atoms with van der Waals surface area (Å²) in [5.74, 6) is 0.450. The summed E-state index contributed by atoms with van der Waals surface area (Å²) >= 11 is 0. The van der Waals surface area contributed by atoms with Gasteiger partial charge < -0.3 is 10.5 Å². The number of anilines is 1. The van der Waals surface area contributed by atoms with Gasteiger partial charge in [-0.05, 0) is 48.9 Å². The highest BCUT2D eigenvalue weighted by Gasteiger charge is 2.11. The van der Waals surface area contributed by atoms with Crippen molar-refractivity contribution in [3.63, 3.8) is 0 Å². The van der Waals surface area contributed by atoms with Gasteiger partial charge in [0.15, 0.2) is 0 Å². The summed E-state index contributed by atoms with van der Waals surface area (Å²) in [7, 11) is 0. The van der Waals surface area contributed by atoms with E-state index in [4.69, 9.17) is 5.73 Å². The van der Waals surface area contributed by atoms with E-state index in [1.54, 1.807) is 16.7 Å². The number of nitrogens with zero attached hydrogens (tertiary/aromatic N) is 2. The van der Waals surface area contributed by atoms with Gasteiger partial charge in [-0.2, -0.15) is 8.78 Å². The fourth-order valence-electron chi connectivity index (χ4n) is 2.25. The molecule has 0 saturated heterocycles. The molecule has 0 unspecified atom stereocenters. The summed E-state index contributed by atoms with van der Waals surface area (Å²) in [6.45, 7) is -0.857. The highest BCUT2D eigenvalue weighted by atomic mass is 19.3. The summed E-state index contributed by atoms with van der Waals surface area (Å²) in [4.78, 5) is 4.29. The topological polar surface area (TPSA) is 53.1 Å². The maximum Gasteiger partial charge on any atom is 0.387 e. The lowest BCUT2D eigenvalue weighted by Gasteiger charge is -2.09. The van der Waals surface area contributed by atoms with Crippen LogP contribution < -0.4 is 10.5 Å². The molecule has 4 nitrogen and oxygen atoms in total. The molecule has 6 heteroatoms. The number of alkyl halides is 2. The molecular formula is C15H13F2N3O. The van der Waals surface area contributed by atoms with Crippen LogP contribution in [0.4, 0.5) is 14.7 Å². The lowest BCUT2D eigenvalue weighted by molar-refractivity contribution is -0.0498. The SMILES string of the molecule is Cc1ccc2nc(N)n(-c3ccc(OC(F)F)cc3)c2c1. The molecule has 0 bridgehead atoms. The number of hydrogen-bond acceptors (Lipinski definition) is 3. The van der Waals surface area contributed by atoms with Crippen LogP contribution in [0.3, 0.4) is 0 Å². The number of nitrogen functional groups attached to an aromatic ring is 1. The molecule has 0 aliphatic carbocycles. The first-order chi connectivity index (χ1) is 10.0. The van der Waals surface area contributed by atoms with Gasteiger partial charge in [-0.25, -0.2) is 4.98 Å². The number of benzene rings is 2. The molecule has 0 saturated carbocycles. The summed E-state index contributed by atoms with van der Waals surface area (Å²) in [5.41, 5.74) is 9.43. The lowest BCUT2D eigenvalue weighted by Crippen LogP contribution is -2.03. The van der Waals surface area contributed by atoms with E-state index in [0.29, 0.717) is 5.95 Å². The average Bonchev–Trinajstić information content (AvgIpc) is 2.74. The number of halogens is 2. The summed E-state index contributed by atoms with van der Waals surface area (Å²) in [6, 6.07) is 12.1. The van der Waals surface area contributed by atoms with Crippen molar-refractivity contribution in [1.82, 2.24) is 9.55 Å². The zero-order valence-corrected chi connectivity index (χ0v) is 11.3. The van der Waals surface area contributed by atoms with Crippen LogP contribution in [0.1, 0.15) is 5.56 Å². The third kappa shape index (κ3) is 2.52. The number of rotatable bonds is 3. The smallest absolute Gasteiger partial charge is 0.387 e. The number of imidazole rings is 1. The van der Waals surface area contributed by atoms with Crippen LogP contribution >= 0.6 is 0 Å². The predicted octanol–water partition coefficient (Wildman–Crippen LogP) is 3.52. The molecule has 0 amide bonds. The van der Waals surface area contributed by atoms with E-state index >= 15 is 0 Å². The second kappa shape index (κ2) is 5.05. The van der Waals surface area contributed by atoms with Gasteiger partial charge in [0.2, 0.25) is 5.95 Å². The zero-order valence-electron chi connectivity index (χ0n) is 11.3. The van der Waals surface area contributed by atoms with Crippen LogP contribution in [0, 0.1) is 6.92 Å². The Morgan fingerprint density at radius 2 is 1.86 bits per heavy atom. The van der Waals surface area contributed by atoms with Gasteiger partial charge >= 0.3 is 6.61 Å². The van der Waals surface area contributed by atoms with E-state index in [9.17, 15) is 8.78 Å². The van der Waals surface area contributed by atoms with Crippen molar-refractivity contribution in [1.29, 1.82) is 0 Å². The molecule has 2 N–H and O–H groups in total. The zero-order chi connectivity index (χ0) is 15.0. The Bertz CT molecular complexity index is 781. The highest BCUT2D eigenvalue weighted by molar-refractivity contribution is 5.81. The molecule has 0 spiro atoms. The molecule has 2 aromatic carbocycles. The molecule has 108 valence electrons. The van der Waals surface area contributed by atoms with Crippen molar-refractivity contribution in [2.45, 2.75) is 13.5 Å². The minimum absolute atomic E-state index is 0.105. The second-order valence-corrected chi connectivity index (χ2v) is 4.67. The Balaban J connectivity index is 2.07. The first kappa shape index (κ1) is 13.4. The Labute approximate surface area is 119 Å². The normalized spacial score (nSPS) is 11.2. The van der Waals surface area contributed by atoms with Gasteiger partial charge in [0.1, 0.15) is 5.75 Å². The molecule has 1 heterocycles. The molecule has 21 heavy (non-hydrogen) atoms. The summed E-state index contributed by atoms with van der Waals surface area (Å²) in [5, 5.41) is 0. The van der Waals surface area contributed by atoms with Gasteiger partial charge in [-0.15, -0.1) is 0 Å². The van der Waals surface area contributed by atoms with Crippen LogP contribution in [0.2, 0.25) is 0 Å². The highest BCUT2D eigenvalue weighted by Crippen LogP contribution is 2.25. The molecule has 0 aliphatic rings. The second-order valence-electron chi connectivity index (χ2n) is 4.67. The van der Waals surface area contributed by atoms with Crippen LogP contribution in [0.25, 0.3) is 16.7 Å². The number of ether oxygens (including phenoxy) is 1. The average molecular weight is 289 g/mol. The van der Waals surface area contributed by atoms with E-state index in [1.807, 2.05) is 25.1 Å². The molecule has 3 aromatic rings. The number of fused-ring (bicyclic) bond motifs is 1. The molecule has 0 fully saturated rings. The predicted molar refractivity (Wildman–Crippen MR) is 76.9 cm³/mol. The number of aryl methyl sites for hydroxylation is 1. The first-order valence-electron chi connectivity index (χ1n) is 6.34. The van der Waals surface area contributed by atoms with Crippen LogP contribution in [0.15, 0.2) is 42.5 Å². The Kier molecular flexibility index (Phi) is 3.21. The van der Waals surface area contributed by atoms with E-state index < -0.39 is 6.61 Å². The van der Waals surface area contributed by atoms with Crippen LogP contribution in [0.5, 0.6) is 5.75 Å². The van der Waals surface area contributed by atoms with Crippen molar-refractivity contribution in [3.05, 3.63) is 48.0 Å². The quantitative estimate of drug-likeness (QED) is 0.802. The van der Waals surface area contributed by atoms with Gasteiger partial charge in [-0.1, -0.05) is 6.07 Å². The molecule has 3 rings (SSSR count). The molecule has 0 radical (unpaired) electrons. The lowest BCUT2D eigenvalue weighted by atomic mass is 10.2. The van der Waals surface area contributed by atoms with Gasteiger partial charge in [-0.3, -0.25) is 4.57 Å². The summed E-state index contributed by atoms with van der Waals surface area (Å²) in [6.07, 6.45) is 0. The maximum atomic E-state index is 12.2. The number of aromatic nitrogens is 2. The molecule has 0 aliphatic heterocycles. The monoisotopic (exact) mass is 289 g/mol. The third-order valence-electron chi connectivity index (χ3n) is 3.16. The third-order valence-corrected chi connectivity index (χ3v) is 3.16. The fourth-order valence-corrected chi connectivity index (χ4v) is 2.25. The van der Waals surface area contributed by atoms with Crippen molar-refractivity contribution in [2.24, 2.45) is 0 Å². The van der Waals surface area contributed by atoms with E-state index in [2.05, 4.69) is 9.72 Å². The standard InChI is InChI=1S/C15H13F2N3O/c1-9-2-7-12-13(8-9)20(15(18)19-12)10-3-5-11(6-4-10)21-14(16)17/h2-8,14H,1H3,(H2,18,19). The van der Waals surface area contributed by atoms with Crippen molar-refractivity contribution < 1.29 is 13.5 Å². The fraction of sp³-hybridized carbons (Fsp3) is 0.133.